The number of halogens is 1. The van der Waals surface area contributed by atoms with E-state index in [2.05, 4.69) is 17.3 Å². The molecule has 3 N–H and O–H groups in total. The molecule has 3 nitrogen and oxygen atoms in total. The second-order valence-corrected chi connectivity index (χ2v) is 4.72. The molecule has 2 rings (SSSR count). The van der Waals surface area contributed by atoms with E-state index in [4.69, 9.17) is 17.4 Å². The highest BCUT2D eigenvalue weighted by Gasteiger charge is 2.13. The van der Waals surface area contributed by atoms with Crippen LogP contribution in [0.25, 0.3) is 0 Å². The van der Waals surface area contributed by atoms with Crippen LogP contribution >= 0.6 is 11.6 Å². The Morgan fingerprint density at radius 1 is 1.39 bits per heavy atom. The molecule has 1 aromatic heterocycles. The van der Waals surface area contributed by atoms with Crippen molar-refractivity contribution in [2.75, 3.05) is 0 Å². The van der Waals surface area contributed by atoms with Gasteiger partial charge in [0.15, 0.2) is 0 Å². The summed E-state index contributed by atoms with van der Waals surface area (Å²) in [6.45, 7) is 2.05. The number of nitrogens with two attached hydrogens (primary N) is 1. The van der Waals surface area contributed by atoms with Crippen LogP contribution in [-0.4, -0.2) is 4.98 Å². The number of nitrogens with zero attached hydrogens (tertiary/aromatic N) is 1. The number of aryl methyl sites for hydroxylation is 1. The Kier molecular flexibility index (Phi) is 4.31. The van der Waals surface area contributed by atoms with Crippen molar-refractivity contribution in [2.45, 2.75) is 19.4 Å². The van der Waals surface area contributed by atoms with Gasteiger partial charge in [0, 0.05) is 17.4 Å². The predicted octanol–water partition coefficient (Wildman–Crippen LogP) is 2.79. The standard InChI is InChI=1S/C14H16ClN3/c1-10-5-6-17-9-13(10)14(18-16)8-11-3-2-4-12(15)7-11/h2-7,9,14,18H,8,16H2,1H3. The van der Waals surface area contributed by atoms with Gasteiger partial charge in [0.2, 0.25) is 0 Å². The minimum absolute atomic E-state index is 0.0390. The molecule has 0 saturated carbocycles. The normalized spacial score (nSPS) is 12.4. The first-order valence-corrected chi connectivity index (χ1v) is 6.19. The van der Waals surface area contributed by atoms with Crippen molar-refractivity contribution < 1.29 is 0 Å². The molecule has 2 aromatic rings. The Morgan fingerprint density at radius 3 is 2.89 bits per heavy atom. The minimum atomic E-state index is 0.0390. The van der Waals surface area contributed by atoms with Gasteiger partial charge in [-0.25, -0.2) is 0 Å². The number of hydrazine groups is 1. The fourth-order valence-electron chi connectivity index (χ4n) is 2.00. The predicted molar refractivity (Wildman–Crippen MR) is 74.2 cm³/mol. The number of nitrogens with one attached hydrogen (secondary N) is 1. The third kappa shape index (κ3) is 3.07. The van der Waals surface area contributed by atoms with E-state index >= 15 is 0 Å². The van der Waals surface area contributed by atoms with Gasteiger partial charge >= 0.3 is 0 Å². The molecule has 0 aliphatic heterocycles. The zero-order valence-electron chi connectivity index (χ0n) is 10.2. The topological polar surface area (TPSA) is 50.9 Å². The summed E-state index contributed by atoms with van der Waals surface area (Å²) in [4.78, 5) is 4.15. The van der Waals surface area contributed by atoms with E-state index in [0.29, 0.717) is 0 Å². The summed E-state index contributed by atoms with van der Waals surface area (Å²) in [6.07, 6.45) is 4.42. The summed E-state index contributed by atoms with van der Waals surface area (Å²) in [6, 6.07) is 9.83. The van der Waals surface area contributed by atoms with Crippen LogP contribution in [0.2, 0.25) is 5.02 Å². The Balaban J connectivity index is 2.23. The van der Waals surface area contributed by atoms with Crippen LogP contribution in [0.3, 0.4) is 0 Å². The summed E-state index contributed by atoms with van der Waals surface area (Å²) in [5, 5.41) is 0.742. The van der Waals surface area contributed by atoms with Gasteiger partial charge < -0.3 is 0 Å². The number of rotatable bonds is 4. The number of benzene rings is 1. The van der Waals surface area contributed by atoms with Crippen molar-refractivity contribution in [3.8, 4) is 0 Å². The monoisotopic (exact) mass is 261 g/mol. The van der Waals surface area contributed by atoms with Crippen LogP contribution in [0.5, 0.6) is 0 Å². The number of aromatic nitrogens is 1. The molecular formula is C14H16ClN3. The maximum Gasteiger partial charge on any atom is 0.0518 e. The van der Waals surface area contributed by atoms with E-state index in [9.17, 15) is 0 Å². The Bertz CT molecular complexity index is 528. The maximum atomic E-state index is 5.98. The number of pyridine rings is 1. The van der Waals surface area contributed by atoms with Gasteiger partial charge in [-0.05, 0) is 48.2 Å². The molecule has 0 aliphatic rings. The zero-order valence-corrected chi connectivity index (χ0v) is 11.0. The van der Waals surface area contributed by atoms with E-state index in [-0.39, 0.29) is 6.04 Å². The molecule has 0 radical (unpaired) electrons. The van der Waals surface area contributed by atoms with Crippen LogP contribution < -0.4 is 11.3 Å². The smallest absolute Gasteiger partial charge is 0.0518 e. The molecule has 4 heteroatoms. The molecule has 94 valence electrons. The first-order chi connectivity index (χ1) is 8.70. The van der Waals surface area contributed by atoms with E-state index in [1.54, 1.807) is 6.20 Å². The highest BCUT2D eigenvalue weighted by atomic mass is 35.5. The maximum absolute atomic E-state index is 5.98. The lowest BCUT2D eigenvalue weighted by atomic mass is 9.98. The highest BCUT2D eigenvalue weighted by Crippen LogP contribution is 2.21. The molecule has 0 fully saturated rings. The second kappa shape index (κ2) is 5.96. The highest BCUT2D eigenvalue weighted by molar-refractivity contribution is 6.30. The van der Waals surface area contributed by atoms with Gasteiger partial charge in [-0.1, -0.05) is 23.7 Å². The molecule has 0 spiro atoms. The zero-order chi connectivity index (χ0) is 13.0. The second-order valence-electron chi connectivity index (χ2n) is 4.29. The number of hydrogen-bond acceptors (Lipinski definition) is 3. The van der Waals surface area contributed by atoms with E-state index in [1.807, 2.05) is 36.5 Å². The van der Waals surface area contributed by atoms with Crippen LogP contribution in [0.15, 0.2) is 42.7 Å². The van der Waals surface area contributed by atoms with Crippen LogP contribution in [0.4, 0.5) is 0 Å². The number of hydrogen-bond donors (Lipinski definition) is 2. The molecule has 1 heterocycles. The molecule has 1 aromatic carbocycles. The van der Waals surface area contributed by atoms with Gasteiger partial charge in [0.05, 0.1) is 6.04 Å². The van der Waals surface area contributed by atoms with Gasteiger partial charge in [0.1, 0.15) is 0 Å². The third-order valence-electron chi connectivity index (χ3n) is 2.99. The molecule has 1 atom stereocenters. The molecule has 0 bridgehead atoms. The SMILES string of the molecule is Cc1ccncc1C(Cc1cccc(Cl)c1)NN. The van der Waals surface area contributed by atoms with Crippen molar-refractivity contribution >= 4 is 11.6 Å². The Labute approximate surface area is 112 Å². The van der Waals surface area contributed by atoms with Crippen molar-refractivity contribution in [3.05, 3.63) is 64.4 Å². The van der Waals surface area contributed by atoms with Crippen molar-refractivity contribution in [1.82, 2.24) is 10.4 Å². The third-order valence-corrected chi connectivity index (χ3v) is 3.22. The van der Waals surface area contributed by atoms with E-state index in [0.717, 1.165) is 22.6 Å². The molecule has 0 aliphatic carbocycles. The summed E-state index contributed by atoms with van der Waals surface area (Å²) in [5.74, 6) is 5.65. The lowest BCUT2D eigenvalue weighted by molar-refractivity contribution is 0.547. The van der Waals surface area contributed by atoms with Gasteiger partial charge in [-0.15, -0.1) is 0 Å². The van der Waals surface area contributed by atoms with Crippen molar-refractivity contribution in [1.29, 1.82) is 0 Å². The molecule has 18 heavy (non-hydrogen) atoms. The molecule has 0 saturated heterocycles. The summed E-state index contributed by atoms with van der Waals surface area (Å²) in [7, 11) is 0. The van der Waals surface area contributed by atoms with Gasteiger partial charge in [-0.3, -0.25) is 16.3 Å². The largest absolute Gasteiger partial charge is 0.271 e. The molecule has 1 unspecified atom stereocenters. The quantitative estimate of drug-likeness (QED) is 0.657. The summed E-state index contributed by atoms with van der Waals surface area (Å²) in [5.41, 5.74) is 6.28. The Hall–Kier alpha value is -1.42. The van der Waals surface area contributed by atoms with Crippen molar-refractivity contribution in [3.63, 3.8) is 0 Å². The van der Waals surface area contributed by atoms with Gasteiger partial charge in [-0.2, -0.15) is 0 Å². The fourth-order valence-corrected chi connectivity index (χ4v) is 2.21. The lowest BCUT2D eigenvalue weighted by Gasteiger charge is -2.18. The minimum Gasteiger partial charge on any atom is -0.271 e. The Morgan fingerprint density at radius 2 is 2.22 bits per heavy atom. The summed E-state index contributed by atoms with van der Waals surface area (Å²) >= 11 is 5.98. The lowest BCUT2D eigenvalue weighted by Crippen LogP contribution is -2.30. The molecular weight excluding hydrogens is 246 g/mol. The fraction of sp³-hybridized carbons (Fsp3) is 0.214. The van der Waals surface area contributed by atoms with Gasteiger partial charge in [0.25, 0.3) is 0 Å². The van der Waals surface area contributed by atoms with E-state index < -0.39 is 0 Å². The van der Waals surface area contributed by atoms with Crippen LogP contribution in [0, 0.1) is 6.92 Å². The van der Waals surface area contributed by atoms with Crippen LogP contribution in [0.1, 0.15) is 22.7 Å². The van der Waals surface area contributed by atoms with Crippen LogP contribution in [-0.2, 0) is 6.42 Å². The van der Waals surface area contributed by atoms with Crippen molar-refractivity contribution in [2.24, 2.45) is 5.84 Å². The summed E-state index contributed by atoms with van der Waals surface area (Å²) < 4.78 is 0. The average Bonchev–Trinajstić information content (AvgIpc) is 2.37. The van der Waals surface area contributed by atoms with E-state index in [1.165, 1.54) is 5.56 Å². The average molecular weight is 262 g/mol. The molecule has 0 amide bonds. The first-order valence-electron chi connectivity index (χ1n) is 5.82. The first kappa shape index (κ1) is 13.0.